The molecule has 3 heterocycles. The molecule has 1 fully saturated rings. The molecule has 1 saturated heterocycles. The Balaban J connectivity index is 1.47. The summed E-state index contributed by atoms with van der Waals surface area (Å²) in [4.78, 5) is 18.5. The molecule has 0 saturated carbocycles. The molecule has 0 radical (unpaired) electrons. The average molecular weight is 425 g/mol. The Morgan fingerprint density at radius 2 is 2.03 bits per heavy atom. The number of carbonyl (C=O) groups is 1. The van der Waals surface area contributed by atoms with Gasteiger partial charge in [-0.1, -0.05) is 26.0 Å². The number of furan rings is 1. The van der Waals surface area contributed by atoms with Gasteiger partial charge >= 0.3 is 6.03 Å². The van der Waals surface area contributed by atoms with Crippen molar-refractivity contribution < 1.29 is 13.6 Å². The minimum atomic E-state index is -1.09. The number of nitrogens with one attached hydrogen (secondary N) is 2. The predicted molar refractivity (Wildman–Crippen MR) is 121 cm³/mol. The molecular formula is C24H29FN4O2. The van der Waals surface area contributed by atoms with Crippen LogP contribution in [0.1, 0.15) is 31.6 Å². The third-order valence-electron chi connectivity index (χ3n) is 5.78. The molecule has 1 aliphatic heterocycles. The molecule has 1 aromatic carbocycles. The fraction of sp³-hybridized carbons (Fsp3) is 0.417. The van der Waals surface area contributed by atoms with E-state index in [1.807, 2.05) is 58.0 Å². The minimum absolute atomic E-state index is 0.0745. The summed E-state index contributed by atoms with van der Waals surface area (Å²) in [6.07, 6.45) is 1.22. The van der Waals surface area contributed by atoms with E-state index in [0.29, 0.717) is 18.8 Å². The van der Waals surface area contributed by atoms with Crippen molar-refractivity contribution in [2.75, 3.05) is 18.4 Å². The minimum Gasteiger partial charge on any atom is -0.461 e. The van der Waals surface area contributed by atoms with Crippen LogP contribution in [0.25, 0.3) is 22.1 Å². The summed E-state index contributed by atoms with van der Waals surface area (Å²) in [7, 11) is 0. The lowest BCUT2D eigenvalue weighted by atomic mass is 10.0. The highest BCUT2D eigenvalue weighted by Gasteiger charge is 2.31. The number of likely N-dealkylation sites (tertiary alicyclic amines) is 1. The van der Waals surface area contributed by atoms with E-state index in [1.165, 1.54) is 4.90 Å². The van der Waals surface area contributed by atoms with E-state index in [4.69, 9.17) is 4.42 Å². The zero-order valence-electron chi connectivity index (χ0n) is 18.4. The van der Waals surface area contributed by atoms with Gasteiger partial charge in [-0.25, -0.2) is 14.2 Å². The van der Waals surface area contributed by atoms with Crippen LogP contribution in [0.5, 0.6) is 0 Å². The Labute approximate surface area is 181 Å². The summed E-state index contributed by atoms with van der Waals surface area (Å²) in [5, 5.41) is 7.96. The molecule has 31 heavy (non-hydrogen) atoms. The SMILES string of the molecule is Cc1cc(-c2ccc3cnc(NC(=O)N4CC[C@H](NC(C)C)[C@@H](F)C4)cc3c2)oc1C. The number of piperidine rings is 1. The van der Waals surface area contributed by atoms with Gasteiger partial charge in [-0.2, -0.15) is 0 Å². The van der Waals surface area contributed by atoms with Crippen LogP contribution in [0.2, 0.25) is 0 Å². The third-order valence-corrected chi connectivity index (χ3v) is 5.78. The van der Waals surface area contributed by atoms with Crippen LogP contribution < -0.4 is 10.6 Å². The van der Waals surface area contributed by atoms with Crippen molar-refractivity contribution in [3.63, 3.8) is 0 Å². The van der Waals surface area contributed by atoms with Crippen molar-refractivity contribution in [1.82, 2.24) is 15.2 Å². The first kappa shape index (κ1) is 21.3. The molecule has 0 bridgehead atoms. The maximum atomic E-state index is 14.5. The van der Waals surface area contributed by atoms with E-state index in [2.05, 4.69) is 15.6 Å². The smallest absolute Gasteiger partial charge is 0.323 e. The number of urea groups is 1. The van der Waals surface area contributed by atoms with E-state index in [0.717, 1.165) is 33.4 Å². The number of alkyl halides is 1. The van der Waals surface area contributed by atoms with Crippen molar-refractivity contribution in [3.8, 4) is 11.3 Å². The Morgan fingerprint density at radius 1 is 1.23 bits per heavy atom. The first-order chi connectivity index (χ1) is 14.8. The number of fused-ring (bicyclic) bond motifs is 1. The van der Waals surface area contributed by atoms with Crippen molar-refractivity contribution in [3.05, 3.63) is 47.9 Å². The van der Waals surface area contributed by atoms with Gasteiger partial charge in [0.25, 0.3) is 0 Å². The zero-order valence-corrected chi connectivity index (χ0v) is 18.4. The van der Waals surface area contributed by atoms with Crippen molar-refractivity contribution in [1.29, 1.82) is 0 Å². The molecule has 4 rings (SSSR count). The fourth-order valence-corrected chi connectivity index (χ4v) is 3.97. The van der Waals surface area contributed by atoms with Crippen molar-refractivity contribution in [2.24, 2.45) is 0 Å². The molecular weight excluding hydrogens is 395 g/mol. The Morgan fingerprint density at radius 3 is 2.71 bits per heavy atom. The number of anilines is 1. The highest BCUT2D eigenvalue weighted by molar-refractivity contribution is 5.93. The summed E-state index contributed by atoms with van der Waals surface area (Å²) in [6.45, 7) is 8.54. The van der Waals surface area contributed by atoms with Gasteiger partial charge in [-0.3, -0.25) is 5.32 Å². The topological polar surface area (TPSA) is 70.4 Å². The number of benzene rings is 1. The van der Waals surface area contributed by atoms with Gasteiger partial charge in [0.1, 0.15) is 23.5 Å². The van der Waals surface area contributed by atoms with Crippen LogP contribution in [0.15, 0.2) is 40.9 Å². The average Bonchev–Trinajstić information content (AvgIpc) is 3.07. The zero-order chi connectivity index (χ0) is 22.1. The van der Waals surface area contributed by atoms with Gasteiger partial charge in [-0.05, 0) is 49.4 Å². The standard InChI is InChI=1S/C24H29FN4O2/c1-14(2)27-21-7-8-29(13-20(21)25)24(30)28-23-11-19-10-17(5-6-18(19)12-26-23)22-9-15(3)16(4)31-22/h5-6,9-12,14,20-21,27H,7-8,13H2,1-4H3,(H,26,28,30)/t20-,21-/m0/s1. The number of amides is 2. The van der Waals surface area contributed by atoms with Gasteiger partial charge < -0.3 is 14.6 Å². The number of pyridine rings is 1. The van der Waals surface area contributed by atoms with E-state index >= 15 is 0 Å². The van der Waals surface area contributed by atoms with E-state index < -0.39 is 6.17 Å². The Bertz CT molecular complexity index is 1070. The molecule has 0 aliphatic carbocycles. The second-order valence-corrected chi connectivity index (χ2v) is 8.59. The number of halogens is 1. The van der Waals surface area contributed by atoms with Gasteiger partial charge in [0.15, 0.2) is 0 Å². The monoisotopic (exact) mass is 424 g/mol. The summed E-state index contributed by atoms with van der Waals surface area (Å²) in [6, 6.07) is 9.52. The highest BCUT2D eigenvalue weighted by Crippen LogP contribution is 2.28. The molecule has 6 nitrogen and oxygen atoms in total. The molecule has 0 unspecified atom stereocenters. The quantitative estimate of drug-likeness (QED) is 0.615. The molecule has 1 aliphatic rings. The van der Waals surface area contributed by atoms with Gasteiger partial charge in [0.05, 0.1) is 6.54 Å². The van der Waals surface area contributed by atoms with Crippen LogP contribution in [-0.2, 0) is 0 Å². The molecule has 3 aromatic rings. The molecule has 2 amide bonds. The number of hydrogen-bond acceptors (Lipinski definition) is 4. The van der Waals surface area contributed by atoms with Gasteiger partial charge in [0.2, 0.25) is 0 Å². The van der Waals surface area contributed by atoms with E-state index in [9.17, 15) is 9.18 Å². The summed E-state index contributed by atoms with van der Waals surface area (Å²) < 4.78 is 20.3. The molecule has 2 atom stereocenters. The number of carbonyl (C=O) groups excluding carboxylic acids is 1. The van der Waals surface area contributed by atoms with Gasteiger partial charge in [0, 0.05) is 35.8 Å². The number of aromatic nitrogens is 1. The van der Waals surface area contributed by atoms with Crippen molar-refractivity contribution in [2.45, 2.75) is 52.4 Å². The summed E-state index contributed by atoms with van der Waals surface area (Å²) in [5.41, 5.74) is 2.07. The van der Waals surface area contributed by atoms with Crippen LogP contribution in [-0.4, -0.2) is 47.3 Å². The first-order valence-electron chi connectivity index (χ1n) is 10.7. The number of aryl methyl sites for hydroxylation is 2. The van der Waals surface area contributed by atoms with Gasteiger partial charge in [-0.15, -0.1) is 0 Å². The lowest BCUT2D eigenvalue weighted by molar-refractivity contribution is 0.119. The number of nitrogens with zero attached hydrogens (tertiary/aromatic N) is 2. The van der Waals surface area contributed by atoms with E-state index in [-0.39, 0.29) is 24.7 Å². The lowest BCUT2D eigenvalue weighted by Crippen LogP contribution is -2.54. The van der Waals surface area contributed by atoms with Crippen LogP contribution in [0.3, 0.4) is 0 Å². The second-order valence-electron chi connectivity index (χ2n) is 8.59. The normalized spacial score (nSPS) is 19.2. The van der Waals surface area contributed by atoms with Crippen LogP contribution in [0.4, 0.5) is 15.0 Å². The fourth-order valence-electron chi connectivity index (χ4n) is 3.97. The highest BCUT2D eigenvalue weighted by atomic mass is 19.1. The van der Waals surface area contributed by atoms with Crippen LogP contribution >= 0.6 is 0 Å². The third kappa shape index (κ3) is 4.71. The van der Waals surface area contributed by atoms with Crippen molar-refractivity contribution >= 4 is 22.6 Å². The number of rotatable bonds is 4. The molecule has 0 spiro atoms. The molecule has 2 aromatic heterocycles. The second kappa shape index (κ2) is 8.67. The largest absolute Gasteiger partial charge is 0.461 e. The van der Waals surface area contributed by atoms with E-state index in [1.54, 1.807) is 6.20 Å². The Kier molecular flexibility index (Phi) is 5.96. The predicted octanol–water partition coefficient (Wildman–Crippen LogP) is 5.05. The first-order valence-corrected chi connectivity index (χ1v) is 10.7. The Hall–Kier alpha value is -2.93. The summed E-state index contributed by atoms with van der Waals surface area (Å²) >= 11 is 0. The summed E-state index contributed by atoms with van der Waals surface area (Å²) in [5.74, 6) is 2.15. The molecule has 164 valence electrons. The molecule has 2 N–H and O–H groups in total. The lowest BCUT2D eigenvalue weighted by Gasteiger charge is -2.35. The van der Waals surface area contributed by atoms with Crippen LogP contribution in [0, 0.1) is 13.8 Å². The molecule has 7 heteroatoms. The number of hydrogen-bond donors (Lipinski definition) is 2. The maximum absolute atomic E-state index is 14.5. The maximum Gasteiger partial charge on any atom is 0.323 e.